The van der Waals surface area contributed by atoms with E-state index in [1.165, 1.54) is 18.3 Å². The lowest BCUT2D eigenvalue weighted by atomic mass is 9.97. The molecule has 0 unspecified atom stereocenters. The third kappa shape index (κ3) is 5.82. The molecule has 30 heavy (non-hydrogen) atoms. The second-order valence-corrected chi connectivity index (χ2v) is 8.79. The number of aromatic nitrogens is 1. The minimum absolute atomic E-state index is 0.0140. The zero-order valence-electron chi connectivity index (χ0n) is 16.2. The fraction of sp³-hybridized carbons (Fsp3) is 0.400. The van der Waals surface area contributed by atoms with Gasteiger partial charge in [0.2, 0.25) is 10.0 Å². The van der Waals surface area contributed by atoms with Crippen molar-refractivity contribution in [3.63, 3.8) is 0 Å². The topological polar surface area (TPSA) is 118 Å². The average molecular weight is 437 g/mol. The van der Waals surface area contributed by atoms with Crippen molar-refractivity contribution in [1.29, 1.82) is 0 Å². The summed E-state index contributed by atoms with van der Waals surface area (Å²) in [6.45, 7) is -0.134. The zero-order valence-corrected chi connectivity index (χ0v) is 17.0. The summed E-state index contributed by atoms with van der Waals surface area (Å²) in [6, 6.07) is 7.54. The van der Waals surface area contributed by atoms with Crippen LogP contribution in [0.2, 0.25) is 0 Å². The lowest BCUT2D eigenvalue weighted by Crippen LogP contribution is -2.51. The summed E-state index contributed by atoms with van der Waals surface area (Å²) in [4.78, 5) is 16.2. The van der Waals surface area contributed by atoms with E-state index in [1.54, 1.807) is 18.3 Å². The molecule has 1 saturated heterocycles. The Morgan fingerprint density at radius 2 is 2.00 bits per heavy atom. The van der Waals surface area contributed by atoms with Gasteiger partial charge in [0, 0.05) is 18.9 Å². The summed E-state index contributed by atoms with van der Waals surface area (Å²) in [7, 11) is -3.74. The quantitative estimate of drug-likeness (QED) is 0.572. The highest BCUT2D eigenvalue weighted by molar-refractivity contribution is 7.89. The van der Waals surface area contributed by atoms with Crippen LogP contribution in [-0.4, -0.2) is 55.8 Å². The molecule has 3 rings (SSSR count). The molecule has 162 valence electrons. The second kappa shape index (κ2) is 10.1. The molecule has 1 amide bonds. The number of ether oxygens (including phenoxy) is 1. The molecule has 0 saturated carbocycles. The molecule has 3 atom stereocenters. The predicted molar refractivity (Wildman–Crippen MR) is 107 cm³/mol. The van der Waals surface area contributed by atoms with Crippen molar-refractivity contribution in [2.24, 2.45) is 0 Å². The molecule has 8 nitrogen and oxygen atoms in total. The van der Waals surface area contributed by atoms with Gasteiger partial charge in [0.05, 0.1) is 29.2 Å². The Hall–Kier alpha value is -2.40. The Morgan fingerprint density at radius 1 is 1.23 bits per heavy atom. The Bertz CT molecular complexity index is 941. The highest BCUT2D eigenvalue weighted by Crippen LogP contribution is 2.22. The largest absolute Gasteiger partial charge is 0.394 e. The average Bonchev–Trinajstić information content (AvgIpc) is 2.75. The summed E-state index contributed by atoms with van der Waals surface area (Å²) in [6.07, 6.45) is 3.79. The van der Waals surface area contributed by atoms with Gasteiger partial charge in [-0.2, -0.15) is 0 Å². The van der Waals surface area contributed by atoms with Crippen LogP contribution in [0.3, 0.4) is 0 Å². The first-order valence-electron chi connectivity index (χ1n) is 9.61. The van der Waals surface area contributed by atoms with Crippen LogP contribution < -0.4 is 10.0 Å². The number of sulfonamides is 1. The number of hydrogen-bond donors (Lipinski definition) is 3. The maximum Gasteiger partial charge on any atom is 0.253 e. The van der Waals surface area contributed by atoms with Gasteiger partial charge in [-0.05, 0) is 55.7 Å². The molecule has 1 aliphatic heterocycles. The molecule has 0 spiro atoms. The van der Waals surface area contributed by atoms with E-state index >= 15 is 0 Å². The van der Waals surface area contributed by atoms with Crippen molar-refractivity contribution in [3.8, 4) is 0 Å². The van der Waals surface area contributed by atoms with Gasteiger partial charge in [-0.15, -0.1) is 0 Å². The van der Waals surface area contributed by atoms with Crippen LogP contribution in [-0.2, 0) is 14.8 Å². The standard InChI is InChI=1S/C20H24FN3O5S/c21-15-3-6-17(7-4-15)30(27,28)23-11-9-16-5-8-18(19(13-25)29-16)24-20(26)14-2-1-10-22-12-14/h1-4,6-7,10,12,16,18-19,23,25H,5,8-9,11,13H2,(H,24,26)/t16-,18+,19+/m0/s1. The first-order chi connectivity index (χ1) is 14.4. The Labute approximate surface area is 174 Å². The number of hydrogen-bond acceptors (Lipinski definition) is 6. The van der Waals surface area contributed by atoms with Crippen LogP contribution in [0.25, 0.3) is 0 Å². The van der Waals surface area contributed by atoms with Crippen molar-refractivity contribution in [2.75, 3.05) is 13.2 Å². The van der Waals surface area contributed by atoms with E-state index in [9.17, 15) is 22.7 Å². The van der Waals surface area contributed by atoms with Gasteiger partial charge in [0.25, 0.3) is 5.91 Å². The molecule has 3 N–H and O–H groups in total. The number of halogens is 1. The van der Waals surface area contributed by atoms with Gasteiger partial charge in [-0.1, -0.05) is 0 Å². The molecule has 2 heterocycles. The number of amides is 1. The fourth-order valence-corrected chi connectivity index (χ4v) is 4.36. The van der Waals surface area contributed by atoms with Gasteiger partial charge < -0.3 is 15.2 Å². The smallest absolute Gasteiger partial charge is 0.253 e. The van der Waals surface area contributed by atoms with Gasteiger partial charge >= 0.3 is 0 Å². The molecule has 0 aliphatic carbocycles. The first kappa shape index (κ1) is 22.3. The number of aliphatic hydroxyl groups is 1. The van der Waals surface area contributed by atoms with Gasteiger partial charge in [0.15, 0.2) is 0 Å². The fourth-order valence-electron chi connectivity index (χ4n) is 3.31. The SMILES string of the molecule is O=C(N[C@@H]1CC[C@@H](CCNS(=O)(=O)c2ccc(F)cc2)O[C@@H]1CO)c1cccnc1. The van der Waals surface area contributed by atoms with Crippen molar-refractivity contribution >= 4 is 15.9 Å². The van der Waals surface area contributed by atoms with Crippen molar-refractivity contribution in [2.45, 2.75) is 42.4 Å². The molecular formula is C20H24FN3O5S. The number of benzene rings is 1. The number of nitrogens with zero attached hydrogens (tertiary/aromatic N) is 1. The van der Waals surface area contributed by atoms with Crippen LogP contribution in [0.1, 0.15) is 29.6 Å². The lowest BCUT2D eigenvalue weighted by Gasteiger charge is -2.36. The van der Waals surface area contributed by atoms with E-state index < -0.39 is 21.9 Å². The Balaban J connectivity index is 1.49. The highest BCUT2D eigenvalue weighted by Gasteiger charge is 2.32. The number of carbonyl (C=O) groups is 1. The monoisotopic (exact) mass is 437 g/mol. The second-order valence-electron chi connectivity index (χ2n) is 7.02. The normalized spacial score (nSPS) is 21.9. The molecule has 1 fully saturated rings. The van der Waals surface area contributed by atoms with Gasteiger partial charge in [-0.25, -0.2) is 17.5 Å². The van der Waals surface area contributed by atoms with Gasteiger partial charge in [-0.3, -0.25) is 9.78 Å². The molecule has 0 bridgehead atoms. The summed E-state index contributed by atoms with van der Waals surface area (Å²) >= 11 is 0. The number of carbonyl (C=O) groups excluding carboxylic acids is 1. The molecule has 1 aromatic heterocycles. The molecule has 2 aromatic rings. The summed E-state index contributed by atoms with van der Waals surface area (Å²) < 4.78 is 45.8. The lowest BCUT2D eigenvalue weighted by molar-refractivity contribution is -0.0891. The van der Waals surface area contributed by atoms with E-state index in [4.69, 9.17) is 4.74 Å². The summed E-state index contributed by atoms with van der Waals surface area (Å²) in [5.74, 6) is -0.801. The summed E-state index contributed by atoms with van der Waals surface area (Å²) in [5.41, 5.74) is 0.423. The number of pyridine rings is 1. The van der Waals surface area contributed by atoms with Crippen LogP contribution >= 0.6 is 0 Å². The van der Waals surface area contributed by atoms with Crippen molar-refractivity contribution in [3.05, 3.63) is 60.2 Å². The molecule has 10 heteroatoms. The maximum absolute atomic E-state index is 13.0. The van der Waals surface area contributed by atoms with Gasteiger partial charge in [0.1, 0.15) is 11.9 Å². The Morgan fingerprint density at radius 3 is 2.67 bits per heavy atom. The minimum atomic E-state index is -3.74. The van der Waals surface area contributed by atoms with Crippen molar-refractivity contribution < 1.29 is 27.4 Å². The van der Waals surface area contributed by atoms with Crippen LogP contribution in [0.4, 0.5) is 4.39 Å². The van der Waals surface area contributed by atoms with E-state index in [-0.39, 0.29) is 36.1 Å². The van der Waals surface area contributed by atoms with E-state index in [2.05, 4.69) is 15.0 Å². The maximum atomic E-state index is 13.0. The van der Waals surface area contributed by atoms with Crippen LogP contribution in [0.15, 0.2) is 53.7 Å². The molecule has 1 aliphatic rings. The van der Waals surface area contributed by atoms with E-state index in [0.717, 1.165) is 12.1 Å². The first-order valence-corrected chi connectivity index (χ1v) is 11.1. The van der Waals surface area contributed by atoms with Crippen molar-refractivity contribution in [1.82, 2.24) is 15.0 Å². The van der Waals surface area contributed by atoms with Crippen LogP contribution in [0.5, 0.6) is 0 Å². The highest BCUT2D eigenvalue weighted by atomic mass is 32.2. The zero-order chi connectivity index (χ0) is 21.6. The number of aliphatic hydroxyl groups excluding tert-OH is 1. The number of rotatable bonds is 8. The number of nitrogens with one attached hydrogen (secondary N) is 2. The molecular weight excluding hydrogens is 413 g/mol. The third-order valence-electron chi connectivity index (χ3n) is 4.92. The minimum Gasteiger partial charge on any atom is -0.394 e. The van der Waals surface area contributed by atoms with Crippen LogP contribution in [0, 0.1) is 5.82 Å². The van der Waals surface area contributed by atoms with E-state index in [0.29, 0.717) is 24.8 Å². The molecule has 1 aromatic carbocycles. The predicted octanol–water partition coefficient (Wildman–Crippen LogP) is 1.23. The Kier molecular flexibility index (Phi) is 7.48. The van der Waals surface area contributed by atoms with E-state index in [1.807, 2.05) is 0 Å². The molecule has 0 radical (unpaired) electrons. The third-order valence-corrected chi connectivity index (χ3v) is 6.40. The summed E-state index contributed by atoms with van der Waals surface area (Å²) in [5, 5.41) is 12.5.